The van der Waals surface area contributed by atoms with Crippen LogP contribution in [0.4, 0.5) is 20.2 Å². The molecule has 3 aromatic rings. The van der Waals surface area contributed by atoms with Crippen molar-refractivity contribution >= 4 is 34.7 Å². The molecule has 3 heterocycles. The molecule has 2 aromatic heterocycles. The fourth-order valence-corrected chi connectivity index (χ4v) is 4.42. The lowest BCUT2D eigenvalue weighted by atomic mass is 10.0. The van der Waals surface area contributed by atoms with Crippen LogP contribution in [-0.2, 0) is 0 Å². The van der Waals surface area contributed by atoms with Crippen LogP contribution in [0.25, 0.3) is 6.08 Å². The Morgan fingerprint density at radius 3 is 2.73 bits per heavy atom. The van der Waals surface area contributed by atoms with Gasteiger partial charge >= 0.3 is 0 Å². The Bertz CT molecular complexity index is 1240. The largest absolute Gasteiger partial charge is 0.397 e. The maximum absolute atomic E-state index is 13.7. The van der Waals surface area contributed by atoms with Crippen LogP contribution in [0.5, 0.6) is 0 Å². The normalized spacial score (nSPS) is 14.9. The van der Waals surface area contributed by atoms with Crippen LogP contribution in [-0.4, -0.2) is 17.4 Å². The van der Waals surface area contributed by atoms with Gasteiger partial charge in [0.05, 0.1) is 11.7 Å². The number of hydrogen-bond acceptors (Lipinski definition) is 5. The van der Waals surface area contributed by atoms with Crippen molar-refractivity contribution in [3.8, 4) is 0 Å². The second kappa shape index (κ2) is 8.16. The van der Waals surface area contributed by atoms with E-state index in [2.05, 4.69) is 11.6 Å². The van der Waals surface area contributed by atoms with Crippen LogP contribution in [0.1, 0.15) is 27.7 Å². The van der Waals surface area contributed by atoms with Crippen molar-refractivity contribution in [1.82, 2.24) is 4.98 Å². The van der Waals surface area contributed by atoms with Gasteiger partial charge in [-0.1, -0.05) is 12.2 Å². The number of aromatic nitrogens is 1. The Hall–Kier alpha value is -3.39. The summed E-state index contributed by atoms with van der Waals surface area (Å²) in [6.45, 7) is 3.77. The van der Waals surface area contributed by atoms with Gasteiger partial charge in [0.2, 0.25) is 0 Å². The molecule has 4 rings (SSSR count). The Morgan fingerprint density at radius 1 is 1.27 bits per heavy atom. The molecule has 1 aliphatic heterocycles. The van der Waals surface area contributed by atoms with Crippen LogP contribution in [0, 0.1) is 11.6 Å². The van der Waals surface area contributed by atoms with Crippen LogP contribution in [0.15, 0.2) is 60.4 Å². The average Bonchev–Trinajstić information content (AvgIpc) is 3.10. The number of rotatable bonds is 5. The summed E-state index contributed by atoms with van der Waals surface area (Å²) >= 11 is 1.19. The molecule has 2 N–H and O–H groups in total. The van der Waals surface area contributed by atoms with Crippen molar-refractivity contribution in [2.24, 2.45) is 4.99 Å². The third kappa shape index (κ3) is 3.61. The molecule has 0 aliphatic carbocycles. The standard InChI is InChI=1S/C22H18F2N4OS/c1-2-11-28(14-3-5-16(23)17(24)12-14)22(29)20-19(25)15-4-6-18(27-21(15)30-20)13-7-9-26-10-8-13/h2-5,7-10,12,18H,1,6,11,25H2. The van der Waals surface area contributed by atoms with Crippen molar-refractivity contribution in [3.63, 3.8) is 0 Å². The van der Waals surface area contributed by atoms with Crippen LogP contribution in [0.2, 0.25) is 0 Å². The highest BCUT2D eigenvalue weighted by Gasteiger charge is 2.24. The quantitative estimate of drug-likeness (QED) is 0.639. The number of nitrogens with two attached hydrogens (primary N) is 1. The number of amides is 1. The van der Waals surface area contributed by atoms with E-state index in [0.29, 0.717) is 21.7 Å². The molecule has 0 spiro atoms. The molecule has 30 heavy (non-hydrogen) atoms. The highest BCUT2D eigenvalue weighted by atomic mass is 32.1. The SMILES string of the molecule is C=CCN(C(=O)c1sc2c(c1N)=CCC(c1ccncc1)N=2)c1ccc(F)c(F)c1. The lowest BCUT2D eigenvalue weighted by Crippen LogP contribution is -2.31. The summed E-state index contributed by atoms with van der Waals surface area (Å²) in [4.78, 5) is 23.7. The van der Waals surface area contributed by atoms with Gasteiger partial charge in [0.15, 0.2) is 11.6 Å². The van der Waals surface area contributed by atoms with E-state index in [9.17, 15) is 13.6 Å². The van der Waals surface area contributed by atoms with Crippen molar-refractivity contribution in [1.29, 1.82) is 0 Å². The van der Waals surface area contributed by atoms with Gasteiger partial charge in [-0.05, 0) is 36.2 Å². The van der Waals surface area contributed by atoms with E-state index in [1.165, 1.54) is 28.4 Å². The fourth-order valence-electron chi connectivity index (χ4n) is 3.33. The first-order valence-corrected chi connectivity index (χ1v) is 10.0. The number of nitrogens with zero attached hydrogens (tertiary/aromatic N) is 3. The lowest BCUT2D eigenvalue weighted by Gasteiger charge is -2.21. The zero-order valence-corrected chi connectivity index (χ0v) is 16.7. The summed E-state index contributed by atoms with van der Waals surface area (Å²) in [5.41, 5.74) is 7.87. The van der Waals surface area contributed by atoms with E-state index < -0.39 is 17.5 Å². The Morgan fingerprint density at radius 2 is 2.03 bits per heavy atom. The fraction of sp³-hybridized carbons (Fsp3) is 0.136. The van der Waals surface area contributed by atoms with Gasteiger partial charge < -0.3 is 10.6 Å². The van der Waals surface area contributed by atoms with Gasteiger partial charge in [0, 0.05) is 35.9 Å². The minimum absolute atomic E-state index is 0.0722. The predicted molar refractivity (Wildman–Crippen MR) is 114 cm³/mol. The van der Waals surface area contributed by atoms with Gasteiger partial charge in [-0.2, -0.15) is 0 Å². The van der Waals surface area contributed by atoms with E-state index in [1.54, 1.807) is 12.4 Å². The van der Waals surface area contributed by atoms with Crippen molar-refractivity contribution in [3.05, 3.63) is 87.3 Å². The number of nitrogen functional groups attached to an aromatic ring is 1. The number of carbonyl (C=O) groups excluding carboxylic acids is 1. The summed E-state index contributed by atoms with van der Waals surface area (Å²) < 4.78 is 27.7. The number of fused-ring (bicyclic) bond motifs is 1. The minimum Gasteiger partial charge on any atom is -0.397 e. The molecule has 0 saturated carbocycles. The number of pyridine rings is 1. The minimum atomic E-state index is -1.03. The van der Waals surface area contributed by atoms with Crippen LogP contribution < -0.4 is 20.5 Å². The zero-order valence-electron chi connectivity index (χ0n) is 15.9. The number of hydrogen-bond donors (Lipinski definition) is 1. The van der Waals surface area contributed by atoms with Gasteiger partial charge in [-0.25, -0.2) is 8.78 Å². The van der Waals surface area contributed by atoms with Crippen molar-refractivity contribution < 1.29 is 13.6 Å². The molecule has 1 unspecified atom stereocenters. The third-order valence-corrected chi connectivity index (χ3v) is 5.96. The zero-order chi connectivity index (χ0) is 21.3. The smallest absolute Gasteiger partial charge is 0.270 e. The number of carbonyl (C=O) groups is 1. The number of benzene rings is 1. The van der Waals surface area contributed by atoms with Gasteiger partial charge in [0.1, 0.15) is 9.55 Å². The Labute approximate surface area is 175 Å². The van der Waals surface area contributed by atoms with Crippen LogP contribution in [0.3, 0.4) is 0 Å². The summed E-state index contributed by atoms with van der Waals surface area (Å²) in [5.74, 6) is -2.43. The summed E-state index contributed by atoms with van der Waals surface area (Å²) in [7, 11) is 0. The van der Waals surface area contributed by atoms with E-state index in [1.807, 2.05) is 18.2 Å². The first-order chi connectivity index (χ1) is 14.5. The maximum Gasteiger partial charge on any atom is 0.270 e. The second-order valence-corrected chi connectivity index (χ2v) is 7.73. The maximum atomic E-state index is 13.7. The highest BCUT2D eigenvalue weighted by molar-refractivity contribution is 7.12. The molecular formula is C22H18F2N4OS. The molecule has 1 aromatic carbocycles. The number of halogens is 2. The van der Waals surface area contributed by atoms with E-state index >= 15 is 0 Å². The molecule has 8 heteroatoms. The molecule has 5 nitrogen and oxygen atoms in total. The molecule has 0 fully saturated rings. The van der Waals surface area contributed by atoms with Crippen molar-refractivity contribution in [2.75, 3.05) is 17.2 Å². The van der Waals surface area contributed by atoms with Crippen molar-refractivity contribution in [2.45, 2.75) is 12.5 Å². The summed E-state index contributed by atoms with van der Waals surface area (Å²) in [6, 6.07) is 7.06. The molecule has 1 aliphatic rings. The highest BCUT2D eigenvalue weighted by Crippen LogP contribution is 2.26. The predicted octanol–water partition coefficient (Wildman–Crippen LogP) is 3.38. The van der Waals surface area contributed by atoms with Crippen LogP contribution >= 0.6 is 11.3 Å². The molecule has 1 amide bonds. The molecule has 1 atom stereocenters. The molecule has 0 saturated heterocycles. The molecular weight excluding hydrogens is 406 g/mol. The Kier molecular flexibility index (Phi) is 5.41. The van der Waals surface area contributed by atoms with E-state index in [4.69, 9.17) is 10.7 Å². The molecule has 0 bridgehead atoms. The average molecular weight is 424 g/mol. The van der Waals surface area contributed by atoms with E-state index in [0.717, 1.165) is 22.9 Å². The monoisotopic (exact) mass is 424 g/mol. The van der Waals surface area contributed by atoms with Gasteiger partial charge in [0.25, 0.3) is 5.91 Å². The third-order valence-electron chi connectivity index (χ3n) is 4.84. The topological polar surface area (TPSA) is 71.6 Å². The van der Waals surface area contributed by atoms with E-state index in [-0.39, 0.29) is 18.3 Å². The molecule has 152 valence electrons. The van der Waals surface area contributed by atoms with Gasteiger partial charge in [-0.15, -0.1) is 17.9 Å². The summed E-state index contributed by atoms with van der Waals surface area (Å²) in [6.07, 6.45) is 7.58. The number of thiophene rings is 1. The van der Waals surface area contributed by atoms with Gasteiger partial charge in [-0.3, -0.25) is 14.8 Å². The number of anilines is 2. The Balaban J connectivity index is 1.74. The lowest BCUT2D eigenvalue weighted by molar-refractivity contribution is 0.0994. The first-order valence-electron chi connectivity index (χ1n) is 9.23. The first kappa shape index (κ1) is 19.9. The second-order valence-electron chi connectivity index (χ2n) is 6.73. The molecule has 0 radical (unpaired) electrons. The summed E-state index contributed by atoms with van der Waals surface area (Å²) in [5, 5.41) is 0.734.